The maximum Gasteiger partial charge on any atom is 0.170 e. The number of benzene rings is 1. The van der Waals surface area contributed by atoms with Crippen molar-refractivity contribution in [1.29, 1.82) is 0 Å². The lowest BCUT2D eigenvalue weighted by atomic mass is 10.1. The molecule has 4 heteroatoms. The average Bonchev–Trinajstić information content (AvgIpc) is 2.46. The van der Waals surface area contributed by atoms with E-state index in [0.29, 0.717) is 22.9 Å². The molecule has 3 nitrogen and oxygen atoms in total. The molecule has 0 aliphatic heterocycles. The molecule has 1 aromatic heterocycles. The van der Waals surface area contributed by atoms with Gasteiger partial charge in [0.05, 0.1) is 11.3 Å². The van der Waals surface area contributed by atoms with Crippen LogP contribution in [0.1, 0.15) is 16.1 Å². The first-order valence-electron chi connectivity index (χ1n) is 3.73. The molecule has 13 heavy (non-hydrogen) atoms. The smallest absolute Gasteiger partial charge is 0.170 e. The fraction of sp³-hybridized carbons (Fsp3) is 0.111. The zero-order valence-electron chi connectivity index (χ0n) is 6.87. The van der Waals surface area contributed by atoms with Crippen LogP contribution in [0.25, 0.3) is 11.0 Å². The summed E-state index contributed by atoms with van der Waals surface area (Å²) in [7, 11) is 0. The second kappa shape index (κ2) is 2.65. The van der Waals surface area contributed by atoms with Gasteiger partial charge in [-0.05, 0) is 13.0 Å². The quantitative estimate of drug-likeness (QED) is 0.629. The SMILES string of the molecule is Cc1noc2cc(F)c(C=O)cc12. The molecule has 2 aromatic rings. The molecule has 0 spiro atoms. The Morgan fingerprint density at radius 3 is 3.00 bits per heavy atom. The van der Waals surface area contributed by atoms with Gasteiger partial charge in [0.15, 0.2) is 11.9 Å². The number of aldehydes is 1. The summed E-state index contributed by atoms with van der Waals surface area (Å²) in [6, 6.07) is 2.60. The lowest BCUT2D eigenvalue weighted by Gasteiger charge is -1.93. The van der Waals surface area contributed by atoms with Gasteiger partial charge >= 0.3 is 0 Å². The zero-order valence-corrected chi connectivity index (χ0v) is 6.87. The molecule has 0 amide bonds. The minimum Gasteiger partial charge on any atom is -0.356 e. The highest BCUT2D eigenvalue weighted by molar-refractivity contribution is 5.87. The largest absolute Gasteiger partial charge is 0.356 e. The van der Waals surface area contributed by atoms with Gasteiger partial charge in [-0.1, -0.05) is 5.16 Å². The number of nitrogens with zero attached hydrogens (tertiary/aromatic N) is 1. The molecule has 0 atom stereocenters. The molecule has 0 unspecified atom stereocenters. The predicted molar refractivity (Wildman–Crippen MR) is 44.1 cm³/mol. The predicted octanol–water partition coefficient (Wildman–Crippen LogP) is 2.09. The Morgan fingerprint density at radius 2 is 2.31 bits per heavy atom. The molecular formula is C9H6FNO2. The van der Waals surface area contributed by atoms with Crippen LogP contribution < -0.4 is 0 Å². The first kappa shape index (κ1) is 7.91. The van der Waals surface area contributed by atoms with Gasteiger partial charge in [-0.15, -0.1) is 0 Å². The Balaban J connectivity index is 2.84. The van der Waals surface area contributed by atoms with E-state index >= 15 is 0 Å². The number of halogens is 1. The van der Waals surface area contributed by atoms with Crippen LogP contribution in [0.5, 0.6) is 0 Å². The van der Waals surface area contributed by atoms with Crippen LogP contribution >= 0.6 is 0 Å². The van der Waals surface area contributed by atoms with Crippen molar-refractivity contribution in [3.63, 3.8) is 0 Å². The van der Waals surface area contributed by atoms with Crippen LogP contribution in [-0.4, -0.2) is 11.4 Å². The van der Waals surface area contributed by atoms with E-state index in [9.17, 15) is 9.18 Å². The maximum atomic E-state index is 13.0. The van der Waals surface area contributed by atoms with Gasteiger partial charge in [0.25, 0.3) is 0 Å². The zero-order chi connectivity index (χ0) is 9.42. The number of hydrogen-bond acceptors (Lipinski definition) is 3. The fourth-order valence-electron chi connectivity index (χ4n) is 1.19. The van der Waals surface area contributed by atoms with Crippen molar-refractivity contribution in [3.8, 4) is 0 Å². The van der Waals surface area contributed by atoms with E-state index in [4.69, 9.17) is 4.52 Å². The van der Waals surface area contributed by atoms with Crippen LogP contribution in [0.15, 0.2) is 16.7 Å². The molecule has 0 N–H and O–H groups in total. The van der Waals surface area contributed by atoms with Crippen molar-refractivity contribution in [2.24, 2.45) is 0 Å². The van der Waals surface area contributed by atoms with Crippen molar-refractivity contribution in [2.45, 2.75) is 6.92 Å². The minimum atomic E-state index is -0.585. The van der Waals surface area contributed by atoms with Crippen LogP contribution in [0.2, 0.25) is 0 Å². The summed E-state index contributed by atoms with van der Waals surface area (Å²) in [6.07, 6.45) is 0.473. The average molecular weight is 179 g/mol. The summed E-state index contributed by atoms with van der Waals surface area (Å²) in [5.41, 5.74) is 1.04. The Labute approximate surface area is 73.1 Å². The lowest BCUT2D eigenvalue weighted by molar-refractivity contribution is 0.112. The third kappa shape index (κ3) is 1.11. The van der Waals surface area contributed by atoms with Gasteiger partial charge in [0, 0.05) is 11.5 Å². The summed E-state index contributed by atoms with van der Waals surface area (Å²) < 4.78 is 17.8. The van der Waals surface area contributed by atoms with Crippen LogP contribution in [0, 0.1) is 12.7 Å². The molecule has 2 rings (SSSR count). The first-order chi connectivity index (χ1) is 6.22. The van der Waals surface area contributed by atoms with Crippen molar-refractivity contribution >= 4 is 17.3 Å². The number of hydrogen-bond donors (Lipinski definition) is 0. The molecule has 1 aromatic carbocycles. The Bertz CT molecular complexity index is 476. The molecule has 0 saturated heterocycles. The highest BCUT2D eigenvalue weighted by Gasteiger charge is 2.09. The van der Waals surface area contributed by atoms with Gasteiger partial charge in [0.1, 0.15) is 5.82 Å². The van der Waals surface area contributed by atoms with E-state index in [0.717, 1.165) is 0 Å². The van der Waals surface area contributed by atoms with Gasteiger partial charge in [0.2, 0.25) is 0 Å². The summed E-state index contributed by atoms with van der Waals surface area (Å²) >= 11 is 0. The van der Waals surface area contributed by atoms with Crippen LogP contribution in [0.3, 0.4) is 0 Å². The summed E-state index contributed by atoms with van der Waals surface area (Å²) in [6.45, 7) is 1.73. The molecule has 0 saturated carbocycles. The van der Waals surface area contributed by atoms with Gasteiger partial charge < -0.3 is 4.52 Å². The molecule has 0 fully saturated rings. The second-order valence-corrected chi connectivity index (χ2v) is 2.76. The van der Waals surface area contributed by atoms with E-state index in [-0.39, 0.29) is 5.56 Å². The highest BCUT2D eigenvalue weighted by Crippen LogP contribution is 2.20. The van der Waals surface area contributed by atoms with Crippen LogP contribution in [0.4, 0.5) is 4.39 Å². The molecule has 0 bridgehead atoms. The minimum absolute atomic E-state index is 0.0267. The number of aryl methyl sites for hydroxylation is 1. The molecule has 0 radical (unpaired) electrons. The summed E-state index contributed by atoms with van der Waals surface area (Å²) in [4.78, 5) is 10.4. The lowest BCUT2D eigenvalue weighted by Crippen LogP contribution is -1.86. The monoisotopic (exact) mass is 179 g/mol. The van der Waals surface area contributed by atoms with Gasteiger partial charge in [-0.25, -0.2) is 4.39 Å². The summed E-state index contributed by atoms with van der Waals surface area (Å²) in [5.74, 6) is -0.585. The van der Waals surface area contributed by atoms with Crippen molar-refractivity contribution in [2.75, 3.05) is 0 Å². The normalized spacial score (nSPS) is 10.6. The van der Waals surface area contributed by atoms with Gasteiger partial charge in [-0.2, -0.15) is 0 Å². The highest BCUT2D eigenvalue weighted by atomic mass is 19.1. The first-order valence-corrected chi connectivity index (χ1v) is 3.73. The van der Waals surface area contributed by atoms with E-state index in [1.54, 1.807) is 6.92 Å². The number of rotatable bonds is 1. The molecule has 1 heterocycles. The number of carbonyl (C=O) groups excluding carboxylic acids is 1. The molecule has 0 aliphatic rings. The Morgan fingerprint density at radius 1 is 1.54 bits per heavy atom. The fourth-order valence-corrected chi connectivity index (χ4v) is 1.19. The van der Waals surface area contributed by atoms with Crippen LogP contribution in [-0.2, 0) is 0 Å². The third-order valence-corrected chi connectivity index (χ3v) is 1.90. The number of carbonyl (C=O) groups is 1. The Hall–Kier alpha value is -1.71. The van der Waals surface area contributed by atoms with Crippen molar-refractivity contribution in [3.05, 3.63) is 29.2 Å². The number of aromatic nitrogens is 1. The van der Waals surface area contributed by atoms with E-state index in [1.165, 1.54) is 12.1 Å². The second-order valence-electron chi connectivity index (χ2n) is 2.76. The van der Waals surface area contributed by atoms with E-state index in [1.807, 2.05) is 0 Å². The van der Waals surface area contributed by atoms with E-state index < -0.39 is 5.82 Å². The third-order valence-electron chi connectivity index (χ3n) is 1.90. The Kier molecular flexibility index (Phi) is 1.62. The topological polar surface area (TPSA) is 43.1 Å². The maximum absolute atomic E-state index is 13.0. The standard InChI is InChI=1S/C9H6FNO2/c1-5-7-2-6(4-12)8(10)3-9(7)13-11-5/h2-4H,1H3. The molecule has 66 valence electrons. The molecular weight excluding hydrogens is 173 g/mol. The van der Waals surface area contributed by atoms with E-state index in [2.05, 4.69) is 5.16 Å². The van der Waals surface area contributed by atoms with Gasteiger partial charge in [-0.3, -0.25) is 4.79 Å². The van der Waals surface area contributed by atoms with Crippen molar-refractivity contribution < 1.29 is 13.7 Å². The van der Waals surface area contributed by atoms with Crippen molar-refractivity contribution in [1.82, 2.24) is 5.16 Å². The number of fused-ring (bicyclic) bond motifs is 1. The molecule has 0 aliphatic carbocycles. The summed E-state index contributed by atoms with van der Waals surface area (Å²) in [5, 5.41) is 4.32.